The summed E-state index contributed by atoms with van der Waals surface area (Å²) in [4.78, 5) is 12.6. The van der Waals surface area contributed by atoms with Crippen molar-refractivity contribution in [1.29, 1.82) is 0 Å². The summed E-state index contributed by atoms with van der Waals surface area (Å²) in [7, 11) is -2.32. The molecule has 4 aromatic carbocycles. The minimum Gasteiger partial charge on any atom is -0.497 e. The normalized spacial score (nSPS) is 10.4. The summed E-state index contributed by atoms with van der Waals surface area (Å²) in [6.45, 7) is 4.96. The van der Waals surface area contributed by atoms with Gasteiger partial charge in [-0.05, 0) is 73.0 Å². The molecule has 0 aliphatic rings. The van der Waals surface area contributed by atoms with Crippen LogP contribution in [0.3, 0.4) is 0 Å². The zero-order valence-corrected chi connectivity index (χ0v) is 24.7. The van der Waals surface area contributed by atoms with Crippen molar-refractivity contribution in [1.82, 2.24) is 4.72 Å². The van der Waals surface area contributed by atoms with E-state index in [1.54, 1.807) is 24.3 Å². The SMILES string of the molecule is CC.COc1ccc(C(=O)c2ccc(Cl)c(S(=O)(=O)NCCc3ccccc3)c2)cc1.NCCc1ccccc1. The van der Waals surface area contributed by atoms with Gasteiger partial charge in [0.1, 0.15) is 10.6 Å². The van der Waals surface area contributed by atoms with Crippen molar-refractivity contribution in [3.05, 3.63) is 130 Å². The van der Waals surface area contributed by atoms with Crippen molar-refractivity contribution in [3.8, 4) is 5.75 Å². The van der Waals surface area contributed by atoms with Crippen LogP contribution in [0.4, 0.5) is 0 Å². The Bertz CT molecular complexity index is 1410. The number of carbonyl (C=O) groups excluding carboxylic acids is 1. The molecule has 4 aromatic rings. The van der Waals surface area contributed by atoms with Gasteiger partial charge in [0.05, 0.1) is 12.1 Å². The zero-order chi connectivity index (χ0) is 29.4. The minimum atomic E-state index is -3.86. The maximum atomic E-state index is 12.7. The summed E-state index contributed by atoms with van der Waals surface area (Å²) in [5.74, 6) is 0.327. The number of halogens is 1. The molecule has 0 saturated heterocycles. The Morgan fingerprint density at radius 3 is 1.85 bits per heavy atom. The monoisotopic (exact) mass is 580 g/mol. The molecule has 6 nitrogen and oxygen atoms in total. The number of ether oxygens (including phenoxy) is 1. The van der Waals surface area contributed by atoms with Crippen LogP contribution < -0.4 is 15.2 Å². The number of nitrogens with one attached hydrogen (secondary N) is 1. The number of benzene rings is 4. The van der Waals surface area contributed by atoms with Crippen LogP contribution in [0.2, 0.25) is 5.02 Å². The molecule has 3 N–H and O–H groups in total. The maximum Gasteiger partial charge on any atom is 0.242 e. The van der Waals surface area contributed by atoms with E-state index in [0.29, 0.717) is 17.7 Å². The van der Waals surface area contributed by atoms with Gasteiger partial charge in [-0.25, -0.2) is 13.1 Å². The van der Waals surface area contributed by atoms with Crippen molar-refractivity contribution in [2.75, 3.05) is 20.2 Å². The summed E-state index contributed by atoms with van der Waals surface area (Å²) in [6, 6.07) is 30.6. The molecule has 0 radical (unpaired) electrons. The highest BCUT2D eigenvalue weighted by Crippen LogP contribution is 2.24. The molecular weight excluding hydrogens is 544 g/mol. The number of carbonyl (C=O) groups is 1. The molecule has 0 heterocycles. The molecule has 8 heteroatoms. The fourth-order valence-electron chi connectivity index (χ4n) is 3.62. The van der Waals surface area contributed by atoms with E-state index in [1.165, 1.54) is 30.9 Å². The van der Waals surface area contributed by atoms with Crippen molar-refractivity contribution < 1.29 is 17.9 Å². The minimum absolute atomic E-state index is 0.0588. The van der Waals surface area contributed by atoms with Crippen LogP contribution in [0.25, 0.3) is 0 Å². The standard InChI is InChI=1S/C22H20ClNO4S.C8H11N.C2H6/c1-28-19-10-7-17(8-11-19)22(25)18-9-12-20(23)21(15-18)29(26,27)24-14-13-16-5-3-2-4-6-16;9-7-6-8-4-2-1-3-5-8;1-2/h2-12,15,24H,13-14H2,1H3;1-5H,6-7,9H2;1-2H3. The number of nitrogens with two attached hydrogens (primary N) is 1. The Kier molecular flexibility index (Phi) is 14.1. The van der Waals surface area contributed by atoms with Gasteiger partial charge in [0, 0.05) is 17.7 Å². The molecule has 0 aliphatic heterocycles. The third-order valence-electron chi connectivity index (χ3n) is 5.66. The molecule has 0 spiro atoms. The molecule has 0 atom stereocenters. The summed E-state index contributed by atoms with van der Waals surface area (Å²) in [5.41, 5.74) is 8.36. The van der Waals surface area contributed by atoms with E-state index in [0.717, 1.165) is 18.5 Å². The van der Waals surface area contributed by atoms with Crippen molar-refractivity contribution >= 4 is 27.4 Å². The summed E-state index contributed by atoms with van der Waals surface area (Å²) >= 11 is 6.12. The Morgan fingerprint density at radius 2 is 1.32 bits per heavy atom. The number of ketones is 1. The molecule has 0 aromatic heterocycles. The van der Waals surface area contributed by atoms with E-state index >= 15 is 0 Å². The van der Waals surface area contributed by atoms with Crippen LogP contribution in [0.5, 0.6) is 5.75 Å². The second-order valence-electron chi connectivity index (χ2n) is 8.36. The van der Waals surface area contributed by atoms with Crippen LogP contribution in [-0.2, 0) is 22.9 Å². The molecule has 212 valence electrons. The number of hydrogen-bond donors (Lipinski definition) is 2. The summed E-state index contributed by atoms with van der Waals surface area (Å²) in [6.07, 6.45) is 1.53. The summed E-state index contributed by atoms with van der Waals surface area (Å²) in [5, 5.41) is 0.0588. The third-order valence-corrected chi connectivity index (χ3v) is 7.60. The Balaban J connectivity index is 0.000000428. The third kappa shape index (κ3) is 10.2. The molecule has 0 saturated carbocycles. The first kappa shape index (κ1) is 32.7. The average molecular weight is 581 g/mol. The highest BCUT2D eigenvalue weighted by Gasteiger charge is 2.20. The number of sulfonamides is 1. The van der Waals surface area contributed by atoms with E-state index in [-0.39, 0.29) is 27.8 Å². The Morgan fingerprint density at radius 1 is 0.800 bits per heavy atom. The molecule has 0 amide bonds. The second kappa shape index (κ2) is 17.3. The number of methoxy groups -OCH3 is 1. The first-order valence-corrected chi connectivity index (χ1v) is 15.0. The van der Waals surface area contributed by atoms with Gasteiger partial charge in [-0.1, -0.05) is 86.1 Å². The average Bonchev–Trinajstić information content (AvgIpc) is 2.99. The molecule has 0 bridgehead atoms. The van der Waals surface area contributed by atoms with Gasteiger partial charge < -0.3 is 10.5 Å². The van der Waals surface area contributed by atoms with Gasteiger partial charge >= 0.3 is 0 Å². The molecule has 0 unspecified atom stereocenters. The fraction of sp³-hybridized carbons (Fsp3) is 0.219. The quantitative estimate of drug-likeness (QED) is 0.214. The molecule has 0 aliphatic carbocycles. The number of hydrogen-bond acceptors (Lipinski definition) is 5. The maximum absolute atomic E-state index is 12.7. The van der Waals surface area contributed by atoms with Gasteiger partial charge in [-0.15, -0.1) is 0 Å². The van der Waals surface area contributed by atoms with Crippen LogP contribution in [0.1, 0.15) is 40.9 Å². The van der Waals surface area contributed by atoms with Crippen LogP contribution in [0, 0.1) is 0 Å². The van der Waals surface area contributed by atoms with Crippen molar-refractivity contribution in [2.45, 2.75) is 31.6 Å². The van der Waals surface area contributed by atoms with Gasteiger partial charge in [0.2, 0.25) is 10.0 Å². The first-order valence-electron chi connectivity index (χ1n) is 13.1. The molecular formula is C32H37ClN2O4S. The van der Waals surface area contributed by atoms with E-state index < -0.39 is 10.0 Å². The lowest BCUT2D eigenvalue weighted by atomic mass is 10.0. The fourth-order valence-corrected chi connectivity index (χ4v) is 5.18. The van der Waals surface area contributed by atoms with Gasteiger partial charge in [0.15, 0.2) is 5.78 Å². The zero-order valence-electron chi connectivity index (χ0n) is 23.1. The molecule has 0 fully saturated rings. The van der Waals surface area contributed by atoms with Crippen molar-refractivity contribution in [3.63, 3.8) is 0 Å². The van der Waals surface area contributed by atoms with Gasteiger partial charge in [0.25, 0.3) is 0 Å². The van der Waals surface area contributed by atoms with E-state index in [1.807, 2.05) is 62.4 Å². The molecule has 4 rings (SSSR count). The molecule has 40 heavy (non-hydrogen) atoms. The van der Waals surface area contributed by atoms with Gasteiger partial charge in [-0.3, -0.25) is 4.79 Å². The lowest BCUT2D eigenvalue weighted by Gasteiger charge is -2.10. The van der Waals surface area contributed by atoms with Crippen LogP contribution >= 0.6 is 11.6 Å². The second-order valence-corrected chi connectivity index (χ2v) is 10.5. The van der Waals surface area contributed by atoms with E-state index in [9.17, 15) is 13.2 Å². The predicted molar refractivity (Wildman–Crippen MR) is 164 cm³/mol. The van der Waals surface area contributed by atoms with E-state index in [4.69, 9.17) is 22.1 Å². The Hall–Kier alpha value is -3.49. The number of rotatable bonds is 10. The smallest absolute Gasteiger partial charge is 0.242 e. The van der Waals surface area contributed by atoms with Crippen LogP contribution in [0.15, 0.2) is 108 Å². The lowest BCUT2D eigenvalue weighted by Crippen LogP contribution is -2.26. The summed E-state index contributed by atoms with van der Waals surface area (Å²) < 4.78 is 33.1. The predicted octanol–water partition coefficient (Wildman–Crippen LogP) is 6.31. The topological polar surface area (TPSA) is 98.5 Å². The van der Waals surface area contributed by atoms with E-state index in [2.05, 4.69) is 16.9 Å². The van der Waals surface area contributed by atoms with Crippen molar-refractivity contribution in [2.24, 2.45) is 5.73 Å². The highest BCUT2D eigenvalue weighted by atomic mass is 35.5. The Labute approximate surface area is 243 Å². The first-order chi connectivity index (χ1) is 19.3. The largest absolute Gasteiger partial charge is 0.497 e. The lowest BCUT2D eigenvalue weighted by molar-refractivity contribution is 0.103. The highest BCUT2D eigenvalue weighted by molar-refractivity contribution is 7.89. The van der Waals surface area contributed by atoms with Gasteiger partial charge in [-0.2, -0.15) is 0 Å². The van der Waals surface area contributed by atoms with Crippen LogP contribution in [-0.4, -0.2) is 34.4 Å².